The molecule has 4 aromatic rings. The van der Waals surface area contributed by atoms with Crippen LogP contribution >= 0.6 is 11.3 Å². The number of hydrogen-bond donors (Lipinski definition) is 0. The van der Waals surface area contributed by atoms with E-state index in [1.165, 1.54) is 0 Å². The molecule has 6 nitrogen and oxygen atoms in total. The molecule has 0 saturated heterocycles. The summed E-state index contributed by atoms with van der Waals surface area (Å²) in [5.41, 5.74) is -5.28. The van der Waals surface area contributed by atoms with Crippen LogP contribution in [0.15, 0.2) is 70.3 Å². The molecule has 0 saturated carbocycles. The number of benzene rings is 2. The van der Waals surface area contributed by atoms with Crippen molar-refractivity contribution in [2.75, 3.05) is 0 Å². The number of esters is 1. The molecule has 0 aliphatic heterocycles. The molecule has 1 unspecified atom stereocenters. The van der Waals surface area contributed by atoms with E-state index in [4.69, 9.17) is 4.74 Å². The Morgan fingerprint density at radius 3 is 2.22 bits per heavy atom. The fourth-order valence-electron chi connectivity index (χ4n) is 3.83. The van der Waals surface area contributed by atoms with Gasteiger partial charge in [-0.1, -0.05) is 48.5 Å². The third kappa shape index (κ3) is 5.03. The summed E-state index contributed by atoms with van der Waals surface area (Å²) in [5.74, 6) is -0.891. The summed E-state index contributed by atoms with van der Waals surface area (Å²) in [4.78, 5) is 38.3. The van der Waals surface area contributed by atoms with Crippen LogP contribution in [0, 0.1) is 0 Å². The smallest absolute Gasteiger partial charge is 0.416 e. The second kappa shape index (κ2) is 9.54. The summed E-state index contributed by atoms with van der Waals surface area (Å²) in [6.45, 7) is -0.124. The number of carbonyl (C=O) groups is 1. The Kier molecular flexibility index (Phi) is 6.76. The molecule has 0 radical (unpaired) electrons. The molecular formula is C24H16F6N2O4S. The van der Waals surface area contributed by atoms with Gasteiger partial charge in [0.1, 0.15) is 16.3 Å². The molecule has 0 aliphatic carbocycles. The van der Waals surface area contributed by atoms with Crippen LogP contribution in [0.2, 0.25) is 0 Å². The van der Waals surface area contributed by atoms with Gasteiger partial charge in [0.25, 0.3) is 5.56 Å². The third-order valence-corrected chi connectivity index (χ3v) is 6.69. The Morgan fingerprint density at radius 1 is 0.973 bits per heavy atom. The van der Waals surface area contributed by atoms with E-state index in [0.29, 0.717) is 33.6 Å². The Bertz CT molecular complexity index is 1590. The molecule has 0 spiro atoms. The fraction of sp³-hybridized carbons (Fsp3) is 0.208. The molecule has 1 atom stereocenters. The Labute approximate surface area is 208 Å². The molecule has 0 N–H and O–H groups in total. The summed E-state index contributed by atoms with van der Waals surface area (Å²) in [5, 5.41) is -0.447. The number of rotatable bonds is 5. The third-order valence-electron chi connectivity index (χ3n) is 5.50. The zero-order valence-electron chi connectivity index (χ0n) is 18.8. The SMILES string of the molecule is Cn1c(=O)n(C(c2ccccc2C(F)(F)F)C(F)(F)F)c(=O)c2cc(C(=O)OCc3ccccc3)sc21. The predicted octanol–water partition coefficient (Wildman–Crippen LogP) is 5.29. The first-order valence-electron chi connectivity index (χ1n) is 10.5. The van der Waals surface area contributed by atoms with Crippen LogP contribution in [0.25, 0.3) is 10.2 Å². The summed E-state index contributed by atoms with van der Waals surface area (Å²) in [6.07, 6.45) is -10.6. The van der Waals surface area contributed by atoms with Gasteiger partial charge in [-0.05, 0) is 23.3 Å². The van der Waals surface area contributed by atoms with Crippen LogP contribution < -0.4 is 11.2 Å². The van der Waals surface area contributed by atoms with Crippen molar-refractivity contribution in [2.45, 2.75) is 25.0 Å². The van der Waals surface area contributed by atoms with Crippen LogP contribution in [0.3, 0.4) is 0 Å². The number of alkyl halides is 6. The van der Waals surface area contributed by atoms with Gasteiger partial charge in [0, 0.05) is 7.05 Å². The van der Waals surface area contributed by atoms with Crippen molar-refractivity contribution in [1.29, 1.82) is 0 Å². The van der Waals surface area contributed by atoms with Crippen molar-refractivity contribution in [3.05, 3.63) is 103 Å². The highest BCUT2D eigenvalue weighted by molar-refractivity contribution is 7.20. The quantitative estimate of drug-likeness (QED) is 0.254. The number of hydrogen-bond acceptors (Lipinski definition) is 5. The van der Waals surface area contributed by atoms with Crippen molar-refractivity contribution in [2.24, 2.45) is 7.05 Å². The van der Waals surface area contributed by atoms with Gasteiger partial charge >= 0.3 is 24.0 Å². The lowest BCUT2D eigenvalue weighted by Gasteiger charge is -2.25. The van der Waals surface area contributed by atoms with E-state index in [1.54, 1.807) is 30.3 Å². The van der Waals surface area contributed by atoms with Gasteiger partial charge in [-0.2, -0.15) is 26.3 Å². The standard InChI is InChI=1S/C24H16F6N2O4S/c1-31-20-15(11-17(37-20)21(34)36-12-13-7-3-2-4-8-13)19(33)32(22(31)35)18(24(28,29)30)14-9-5-6-10-16(14)23(25,26)27/h2-11,18H,12H2,1H3. The maximum Gasteiger partial charge on any atom is 0.416 e. The molecule has 2 aromatic carbocycles. The van der Waals surface area contributed by atoms with Crippen molar-refractivity contribution in [3.63, 3.8) is 0 Å². The van der Waals surface area contributed by atoms with E-state index >= 15 is 0 Å². The lowest BCUT2D eigenvalue weighted by atomic mass is 9.99. The van der Waals surface area contributed by atoms with Crippen LogP contribution in [-0.4, -0.2) is 21.3 Å². The van der Waals surface area contributed by atoms with Gasteiger partial charge in [0.15, 0.2) is 6.04 Å². The van der Waals surface area contributed by atoms with Gasteiger partial charge in [-0.15, -0.1) is 11.3 Å². The first-order chi connectivity index (χ1) is 17.3. The van der Waals surface area contributed by atoms with Crippen molar-refractivity contribution in [1.82, 2.24) is 9.13 Å². The number of ether oxygens (including phenoxy) is 1. The molecular weight excluding hydrogens is 526 g/mol. The van der Waals surface area contributed by atoms with E-state index in [9.17, 15) is 40.7 Å². The molecule has 2 heterocycles. The number of thiophene rings is 1. The Hall–Kier alpha value is -3.87. The van der Waals surface area contributed by atoms with E-state index in [1.807, 2.05) is 0 Å². The van der Waals surface area contributed by atoms with E-state index in [2.05, 4.69) is 0 Å². The second-order valence-corrected chi connectivity index (χ2v) is 8.97. The molecule has 2 aromatic heterocycles. The summed E-state index contributed by atoms with van der Waals surface area (Å²) in [6, 6.07) is 9.16. The topological polar surface area (TPSA) is 70.3 Å². The van der Waals surface area contributed by atoms with Gasteiger partial charge in [0.2, 0.25) is 0 Å². The summed E-state index contributed by atoms with van der Waals surface area (Å²) >= 11 is 0.640. The van der Waals surface area contributed by atoms with Crippen LogP contribution in [0.1, 0.15) is 32.4 Å². The van der Waals surface area contributed by atoms with E-state index in [-0.39, 0.29) is 20.9 Å². The Morgan fingerprint density at radius 2 is 1.59 bits per heavy atom. The zero-order chi connectivity index (χ0) is 27.1. The number of halogens is 6. The number of nitrogens with zero attached hydrogens (tertiary/aromatic N) is 2. The van der Waals surface area contributed by atoms with Crippen molar-refractivity contribution >= 4 is 27.5 Å². The highest BCUT2D eigenvalue weighted by Gasteiger charge is 2.48. The molecule has 13 heteroatoms. The zero-order valence-corrected chi connectivity index (χ0v) is 19.6. The first kappa shape index (κ1) is 26.2. The number of fused-ring (bicyclic) bond motifs is 1. The monoisotopic (exact) mass is 542 g/mol. The summed E-state index contributed by atoms with van der Waals surface area (Å²) < 4.78 is 88.8. The minimum Gasteiger partial charge on any atom is -0.457 e. The van der Waals surface area contributed by atoms with Crippen molar-refractivity contribution < 1.29 is 35.9 Å². The largest absolute Gasteiger partial charge is 0.457 e. The predicted molar refractivity (Wildman–Crippen MR) is 123 cm³/mol. The summed E-state index contributed by atoms with van der Waals surface area (Å²) in [7, 11) is 1.05. The lowest BCUT2D eigenvalue weighted by Crippen LogP contribution is -2.46. The highest BCUT2D eigenvalue weighted by atomic mass is 32.1. The van der Waals surface area contributed by atoms with Gasteiger partial charge in [-0.25, -0.2) is 14.2 Å². The van der Waals surface area contributed by atoms with Gasteiger partial charge in [-0.3, -0.25) is 9.36 Å². The van der Waals surface area contributed by atoms with Crippen LogP contribution in [0.4, 0.5) is 26.3 Å². The Balaban J connectivity index is 1.86. The highest BCUT2D eigenvalue weighted by Crippen LogP contribution is 2.41. The number of aryl methyl sites for hydroxylation is 1. The van der Waals surface area contributed by atoms with Crippen LogP contribution in [-0.2, 0) is 24.6 Å². The molecule has 0 aliphatic rings. The van der Waals surface area contributed by atoms with Gasteiger partial charge in [0.05, 0.1) is 10.9 Å². The minimum absolute atomic E-state index is 0.124. The molecule has 37 heavy (non-hydrogen) atoms. The van der Waals surface area contributed by atoms with Crippen molar-refractivity contribution in [3.8, 4) is 0 Å². The maximum absolute atomic E-state index is 14.2. The normalized spacial score (nSPS) is 13.1. The molecule has 0 bridgehead atoms. The molecule has 0 fully saturated rings. The van der Waals surface area contributed by atoms with Gasteiger partial charge < -0.3 is 4.74 Å². The maximum atomic E-state index is 14.2. The first-order valence-corrected chi connectivity index (χ1v) is 11.3. The molecule has 4 rings (SSSR count). The molecule has 0 amide bonds. The average Bonchev–Trinajstić information content (AvgIpc) is 3.29. The second-order valence-electron chi connectivity index (χ2n) is 7.94. The van der Waals surface area contributed by atoms with E-state index < -0.39 is 52.1 Å². The number of carbonyl (C=O) groups excluding carboxylic acids is 1. The number of aromatic nitrogens is 2. The fourth-order valence-corrected chi connectivity index (χ4v) is 4.83. The lowest BCUT2D eigenvalue weighted by molar-refractivity contribution is -0.163. The van der Waals surface area contributed by atoms with Crippen LogP contribution in [0.5, 0.6) is 0 Å². The van der Waals surface area contributed by atoms with E-state index in [0.717, 1.165) is 25.2 Å². The average molecular weight is 542 g/mol. The molecule has 194 valence electrons. The minimum atomic E-state index is -5.45.